The number of hydrogen-bond donors (Lipinski definition) is 1. The van der Waals surface area contributed by atoms with Crippen molar-refractivity contribution in [2.75, 3.05) is 7.11 Å². The summed E-state index contributed by atoms with van der Waals surface area (Å²) < 4.78 is 30.7. The first-order valence-electron chi connectivity index (χ1n) is 6.55. The number of rotatable bonds is 5. The molecule has 0 saturated heterocycles. The highest BCUT2D eigenvalue weighted by Crippen LogP contribution is 2.41. The molecule has 2 unspecified atom stereocenters. The number of methoxy groups -OCH3 is 1. The number of carbonyl (C=O) groups is 1. The monoisotopic (exact) mass is 264 g/mol. The summed E-state index contributed by atoms with van der Waals surface area (Å²) in [7, 11) is 1.08. The Morgan fingerprint density at radius 1 is 1.39 bits per heavy atom. The van der Waals surface area contributed by atoms with Crippen LogP contribution < -0.4 is 0 Å². The molecule has 1 saturated carbocycles. The second kappa shape index (κ2) is 6.45. The van der Waals surface area contributed by atoms with Crippen molar-refractivity contribution in [2.24, 2.45) is 11.8 Å². The van der Waals surface area contributed by atoms with E-state index in [9.17, 15) is 18.7 Å². The quantitative estimate of drug-likeness (QED) is 0.777. The van der Waals surface area contributed by atoms with E-state index in [0.29, 0.717) is 12.8 Å². The lowest BCUT2D eigenvalue weighted by Crippen LogP contribution is -2.52. The first-order chi connectivity index (χ1) is 8.47. The summed E-state index contributed by atoms with van der Waals surface area (Å²) in [5, 5.41) is 10.6. The standard InChI is InChI=1S/C13H22F2O3/c1-3-13(17,9-7-5-4-6-8-9)10(11(14)15)12(16)18-2/h9-11,17H,3-8H2,1-2H3. The number of carbonyl (C=O) groups excluding carboxylic acids is 1. The van der Waals surface area contributed by atoms with Crippen LogP contribution in [-0.2, 0) is 9.53 Å². The van der Waals surface area contributed by atoms with Crippen LogP contribution in [0.2, 0.25) is 0 Å². The highest BCUT2D eigenvalue weighted by atomic mass is 19.3. The van der Waals surface area contributed by atoms with E-state index in [1.165, 1.54) is 0 Å². The van der Waals surface area contributed by atoms with E-state index in [-0.39, 0.29) is 12.3 Å². The summed E-state index contributed by atoms with van der Waals surface area (Å²) in [6.45, 7) is 1.65. The molecular formula is C13H22F2O3. The molecule has 0 aliphatic heterocycles. The lowest BCUT2D eigenvalue weighted by molar-refractivity contribution is -0.178. The predicted molar refractivity (Wildman–Crippen MR) is 63.3 cm³/mol. The third kappa shape index (κ3) is 2.99. The van der Waals surface area contributed by atoms with Gasteiger partial charge in [0, 0.05) is 0 Å². The number of alkyl halides is 2. The van der Waals surface area contributed by atoms with Crippen molar-refractivity contribution in [1.82, 2.24) is 0 Å². The third-order valence-corrected chi connectivity index (χ3v) is 4.12. The van der Waals surface area contributed by atoms with Crippen LogP contribution in [0.5, 0.6) is 0 Å². The Balaban J connectivity index is 2.97. The number of aliphatic hydroxyl groups is 1. The van der Waals surface area contributed by atoms with Crippen molar-refractivity contribution in [2.45, 2.75) is 57.5 Å². The van der Waals surface area contributed by atoms with E-state index < -0.39 is 23.9 Å². The largest absolute Gasteiger partial charge is 0.469 e. The molecule has 1 N–H and O–H groups in total. The Labute approximate surface area is 107 Å². The summed E-state index contributed by atoms with van der Waals surface area (Å²) in [5.74, 6) is -3.00. The van der Waals surface area contributed by atoms with Crippen molar-refractivity contribution in [3.8, 4) is 0 Å². The summed E-state index contributed by atoms with van der Waals surface area (Å²) >= 11 is 0. The van der Waals surface area contributed by atoms with Gasteiger partial charge in [-0.3, -0.25) is 4.79 Å². The number of ether oxygens (including phenoxy) is 1. The molecule has 18 heavy (non-hydrogen) atoms. The van der Waals surface area contributed by atoms with Crippen LogP contribution in [0.25, 0.3) is 0 Å². The summed E-state index contributed by atoms with van der Waals surface area (Å²) in [4.78, 5) is 11.5. The van der Waals surface area contributed by atoms with Gasteiger partial charge in [-0.25, -0.2) is 8.78 Å². The maximum Gasteiger partial charge on any atom is 0.317 e. The molecule has 0 aromatic heterocycles. The number of esters is 1. The Hall–Kier alpha value is -0.710. The van der Waals surface area contributed by atoms with Gasteiger partial charge in [-0.2, -0.15) is 0 Å². The van der Waals surface area contributed by atoms with Gasteiger partial charge in [-0.15, -0.1) is 0 Å². The van der Waals surface area contributed by atoms with Gasteiger partial charge in [-0.1, -0.05) is 26.2 Å². The highest BCUT2D eigenvalue weighted by molar-refractivity contribution is 5.74. The summed E-state index contributed by atoms with van der Waals surface area (Å²) in [6, 6.07) is 0. The zero-order chi connectivity index (χ0) is 13.8. The smallest absolute Gasteiger partial charge is 0.317 e. The molecule has 0 aromatic rings. The van der Waals surface area contributed by atoms with E-state index in [1.54, 1.807) is 6.92 Å². The normalized spacial score (nSPS) is 22.6. The van der Waals surface area contributed by atoms with E-state index in [4.69, 9.17) is 0 Å². The predicted octanol–water partition coefficient (Wildman–Crippen LogP) is 2.76. The van der Waals surface area contributed by atoms with E-state index in [2.05, 4.69) is 4.74 Å². The molecule has 2 atom stereocenters. The van der Waals surface area contributed by atoms with Gasteiger partial charge >= 0.3 is 5.97 Å². The van der Waals surface area contributed by atoms with Gasteiger partial charge in [0.25, 0.3) is 6.43 Å². The number of halogens is 2. The fourth-order valence-electron chi connectivity index (χ4n) is 3.02. The molecule has 1 aliphatic rings. The van der Waals surface area contributed by atoms with Gasteiger partial charge in [-0.05, 0) is 25.2 Å². The molecule has 0 bridgehead atoms. The van der Waals surface area contributed by atoms with Gasteiger partial charge in [0.1, 0.15) is 5.92 Å². The Kier molecular flexibility index (Phi) is 5.50. The SMILES string of the molecule is CCC(O)(C1CCCCC1)C(C(=O)OC)C(F)F. The van der Waals surface area contributed by atoms with Crippen LogP contribution in [0.4, 0.5) is 8.78 Å². The molecule has 1 fully saturated rings. The van der Waals surface area contributed by atoms with Crippen molar-refractivity contribution in [3.05, 3.63) is 0 Å². The van der Waals surface area contributed by atoms with Crippen molar-refractivity contribution >= 4 is 5.97 Å². The van der Waals surface area contributed by atoms with Crippen molar-refractivity contribution < 1.29 is 23.4 Å². The average Bonchev–Trinajstić information content (AvgIpc) is 2.39. The van der Waals surface area contributed by atoms with Crippen LogP contribution in [0.3, 0.4) is 0 Å². The minimum absolute atomic E-state index is 0.141. The van der Waals surface area contributed by atoms with E-state index >= 15 is 0 Å². The fourth-order valence-corrected chi connectivity index (χ4v) is 3.02. The summed E-state index contributed by atoms with van der Waals surface area (Å²) in [5.41, 5.74) is -1.65. The van der Waals surface area contributed by atoms with Crippen LogP contribution in [0.15, 0.2) is 0 Å². The maximum atomic E-state index is 13.1. The van der Waals surface area contributed by atoms with Gasteiger partial charge in [0.15, 0.2) is 0 Å². The molecule has 1 rings (SSSR count). The first kappa shape index (κ1) is 15.3. The van der Waals surface area contributed by atoms with E-state index in [1.807, 2.05) is 0 Å². The molecule has 3 nitrogen and oxygen atoms in total. The topological polar surface area (TPSA) is 46.5 Å². The minimum atomic E-state index is -2.90. The van der Waals surface area contributed by atoms with Crippen molar-refractivity contribution in [1.29, 1.82) is 0 Å². The Morgan fingerprint density at radius 2 is 1.94 bits per heavy atom. The molecular weight excluding hydrogens is 242 g/mol. The minimum Gasteiger partial charge on any atom is -0.469 e. The van der Waals surface area contributed by atoms with Gasteiger partial charge < -0.3 is 9.84 Å². The molecule has 5 heteroatoms. The molecule has 0 radical (unpaired) electrons. The zero-order valence-corrected chi connectivity index (χ0v) is 11.0. The van der Waals surface area contributed by atoms with Crippen LogP contribution in [0.1, 0.15) is 45.4 Å². The zero-order valence-electron chi connectivity index (χ0n) is 11.0. The molecule has 0 heterocycles. The lowest BCUT2D eigenvalue weighted by atomic mass is 9.69. The van der Waals surface area contributed by atoms with E-state index in [0.717, 1.165) is 26.4 Å². The molecule has 1 aliphatic carbocycles. The van der Waals surface area contributed by atoms with Gasteiger partial charge in [0.05, 0.1) is 12.7 Å². The third-order valence-electron chi connectivity index (χ3n) is 4.12. The Morgan fingerprint density at radius 3 is 2.33 bits per heavy atom. The molecule has 0 spiro atoms. The second-order valence-electron chi connectivity index (χ2n) is 5.02. The molecule has 0 amide bonds. The fraction of sp³-hybridized carbons (Fsp3) is 0.923. The van der Waals surface area contributed by atoms with Crippen LogP contribution >= 0.6 is 0 Å². The Bertz CT molecular complexity index is 277. The van der Waals surface area contributed by atoms with Crippen molar-refractivity contribution in [3.63, 3.8) is 0 Å². The first-order valence-corrected chi connectivity index (χ1v) is 6.55. The summed E-state index contributed by atoms with van der Waals surface area (Å²) in [6.07, 6.45) is 1.54. The number of hydrogen-bond acceptors (Lipinski definition) is 3. The maximum absolute atomic E-state index is 13.1. The molecule has 106 valence electrons. The second-order valence-corrected chi connectivity index (χ2v) is 5.02. The van der Waals surface area contributed by atoms with Crippen LogP contribution in [-0.4, -0.2) is 30.2 Å². The molecule has 0 aromatic carbocycles. The highest BCUT2D eigenvalue weighted by Gasteiger charge is 2.51. The lowest BCUT2D eigenvalue weighted by Gasteiger charge is -2.41. The average molecular weight is 264 g/mol. The van der Waals surface area contributed by atoms with Gasteiger partial charge in [0.2, 0.25) is 0 Å². The van der Waals surface area contributed by atoms with Crippen LogP contribution in [0, 0.1) is 11.8 Å².